The Hall–Kier alpha value is -2.74. The van der Waals surface area contributed by atoms with E-state index in [0.717, 1.165) is 54.2 Å². The van der Waals surface area contributed by atoms with Crippen molar-refractivity contribution >= 4 is 28.9 Å². The topological polar surface area (TPSA) is 85.1 Å². The van der Waals surface area contributed by atoms with Crippen LogP contribution in [-0.2, 0) is 14.4 Å². The van der Waals surface area contributed by atoms with Gasteiger partial charge in [0.1, 0.15) is 12.8 Å². The van der Waals surface area contributed by atoms with E-state index in [2.05, 4.69) is 22.3 Å². The Balaban J connectivity index is 2.32. The number of para-hydroxylation sites is 1. The third kappa shape index (κ3) is 7.17. The molecule has 0 atom stereocenters. The minimum atomic E-state index is -0.619. The van der Waals surface area contributed by atoms with E-state index in [0.29, 0.717) is 17.3 Å². The van der Waals surface area contributed by atoms with Crippen molar-refractivity contribution in [3.8, 4) is 0 Å². The number of carbonyl (C=O) groups excluding carboxylic acids is 1. The SMILES string of the molecule is CCCCCCC(=N\OC)/C(=N/N=C(\C)c1ccccc1N(OC)C(=O)OC)C1CC1. The molecule has 0 saturated heterocycles. The van der Waals surface area contributed by atoms with Crippen molar-refractivity contribution in [3.63, 3.8) is 0 Å². The minimum absolute atomic E-state index is 0.373. The van der Waals surface area contributed by atoms with Gasteiger partial charge in [0, 0.05) is 11.5 Å². The highest BCUT2D eigenvalue weighted by molar-refractivity contribution is 6.43. The molecule has 0 heterocycles. The number of ether oxygens (including phenoxy) is 1. The predicted molar refractivity (Wildman–Crippen MR) is 124 cm³/mol. The summed E-state index contributed by atoms with van der Waals surface area (Å²) in [7, 11) is 4.28. The van der Waals surface area contributed by atoms with E-state index < -0.39 is 6.09 Å². The van der Waals surface area contributed by atoms with Crippen molar-refractivity contribution in [2.45, 2.75) is 58.8 Å². The molecule has 1 aromatic rings. The van der Waals surface area contributed by atoms with Crippen LogP contribution in [0.3, 0.4) is 0 Å². The summed E-state index contributed by atoms with van der Waals surface area (Å²) in [5.41, 5.74) is 3.68. The highest BCUT2D eigenvalue weighted by atomic mass is 16.7. The highest BCUT2D eigenvalue weighted by Gasteiger charge is 2.31. The summed E-state index contributed by atoms with van der Waals surface area (Å²) in [4.78, 5) is 22.4. The molecule has 0 spiro atoms. The van der Waals surface area contributed by atoms with Crippen molar-refractivity contribution in [1.82, 2.24) is 0 Å². The molecular formula is C23H34N4O4. The second-order valence-corrected chi connectivity index (χ2v) is 7.44. The molecule has 1 aromatic carbocycles. The number of hydrogen-bond donors (Lipinski definition) is 0. The molecule has 0 bridgehead atoms. The van der Waals surface area contributed by atoms with Gasteiger partial charge >= 0.3 is 6.09 Å². The zero-order valence-electron chi connectivity index (χ0n) is 19.3. The van der Waals surface area contributed by atoms with Crippen molar-refractivity contribution in [2.75, 3.05) is 26.4 Å². The molecule has 0 aromatic heterocycles. The fourth-order valence-electron chi connectivity index (χ4n) is 3.28. The molecule has 1 saturated carbocycles. The quantitative estimate of drug-likeness (QED) is 0.253. The number of nitrogens with zero attached hydrogens (tertiary/aromatic N) is 4. The minimum Gasteiger partial charge on any atom is -0.451 e. The van der Waals surface area contributed by atoms with Crippen LogP contribution in [0.4, 0.5) is 10.5 Å². The van der Waals surface area contributed by atoms with Crippen molar-refractivity contribution in [2.24, 2.45) is 21.3 Å². The molecule has 31 heavy (non-hydrogen) atoms. The molecule has 170 valence electrons. The summed E-state index contributed by atoms with van der Waals surface area (Å²) in [6.45, 7) is 4.05. The normalized spacial score (nSPS) is 15.1. The molecule has 0 N–H and O–H groups in total. The van der Waals surface area contributed by atoms with E-state index >= 15 is 0 Å². The van der Waals surface area contributed by atoms with Crippen LogP contribution >= 0.6 is 0 Å². The van der Waals surface area contributed by atoms with Crippen LogP contribution in [0.5, 0.6) is 0 Å². The molecule has 1 amide bonds. The van der Waals surface area contributed by atoms with Gasteiger partial charge in [0.2, 0.25) is 0 Å². The Kier molecular flexibility index (Phi) is 10.2. The second kappa shape index (κ2) is 12.8. The van der Waals surface area contributed by atoms with E-state index in [-0.39, 0.29) is 0 Å². The molecule has 1 aliphatic rings. The number of hydrogen-bond acceptors (Lipinski definition) is 7. The molecular weight excluding hydrogens is 396 g/mol. The summed E-state index contributed by atoms with van der Waals surface area (Å²) in [5.74, 6) is 0.373. The first-order chi connectivity index (χ1) is 15.1. The number of amides is 1. The number of unbranched alkanes of at least 4 members (excludes halogenated alkanes) is 3. The van der Waals surface area contributed by atoms with E-state index in [9.17, 15) is 4.79 Å². The van der Waals surface area contributed by atoms with Gasteiger partial charge in [-0.1, -0.05) is 49.5 Å². The van der Waals surface area contributed by atoms with Gasteiger partial charge in [-0.2, -0.15) is 15.3 Å². The van der Waals surface area contributed by atoms with Gasteiger partial charge in [-0.25, -0.2) is 4.79 Å². The maximum Gasteiger partial charge on any atom is 0.438 e. The zero-order chi connectivity index (χ0) is 22.6. The van der Waals surface area contributed by atoms with Gasteiger partial charge in [0.05, 0.1) is 31.3 Å². The first-order valence-electron chi connectivity index (χ1n) is 10.8. The summed E-state index contributed by atoms with van der Waals surface area (Å²) in [6.07, 6.45) is 6.99. The number of anilines is 1. The van der Waals surface area contributed by atoms with Gasteiger partial charge in [-0.15, -0.1) is 0 Å². The second-order valence-electron chi connectivity index (χ2n) is 7.44. The zero-order valence-corrected chi connectivity index (χ0v) is 19.3. The lowest BCUT2D eigenvalue weighted by atomic mass is 10.0. The summed E-state index contributed by atoms with van der Waals surface area (Å²) in [6, 6.07) is 7.33. The van der Waals surface area contributed by atoms with E-state index in [1.54, 1.807) is 13.2 Å². The van der Waals surface area contributed by atoms with Crippen molar-refractivity contribution in [3.05, 3.63) is 29.8 Å². The Labute approximate surface area is 184 Å². The number of carbonyl (C=O) groups is 1. The van der Waals surface area contributed by atoms with Crippen LogP contribution < -0.4 is 5.06 Å². The number of rotatable bonds is 12. The number of methoxy groups -OCH3 is 1. The fraction of sp³-hybridized carbons (Fsp3) is 0.565. The lowest BCUT2D eigenvalue weighted by molar-refractivity contribution is 0.115. The van der Waals surface area contributed by atoms with Crippen molar-refractivity contribution in [1.29, 1.82) is 0 Å². The van der Waals surface area contributed by atoms with E-state index in [1.165, 1.54) is 27.1 Å². The molecule has 1 aliphatic carbocycles. The van der Waals surface area contributed by atoms with Crippen LogP contribution in [0.25, 0.3) is 0 Å². The van der Waals surface area contributed by atoms with E-state index in [1.807, 2.05) is 25.1 Å². The molecule has 8 nitrogen and oxygen atoms in total. The largest absolute Gasteiger partial charge is 0.451 e. The molecule has 1 fully saturated rings. The van der Waals surface area contributed by atoms with Gasteiger partial charge in [-0.3, -0.25) is 4.84 Å². The Morgan fingerprint density at radius 1 is 1.10 bits per heavy atom. The Morgan fingerprint density at radius 3 is 2.45 bits per heavy atom. The third-order valence-corrected chi connectivity index (χ3v) is 5.07. The summed E-state index contributed by atoms with van der Waals surface area (Å²) in [5, 5.41) is 14.4. The van der Waals surface area contributed by atoms with E-state index in [4.69, 9.17) is 14.4 Å². The average Bonchev–Trinajstić information content (AvgIpc) is 3.62. The van der Waals surface area contributed by atoms with Crippen LogP contribution in [-0.4, -0.2) is 44.6 Å². The highest BCUT2D eigenvalue weighted by Crippen LogP contribution is 2.32. The smallest absolute Gasteiger partial charge is 0.438 e. The van der Waals surface area contributed by atoms with Gasteiger partial charge in [0.15, 0.2) is 0 Å². The van der Waals surface area contributed by atoms with Gasteiger partial charge in [-0.05, 0) is 38.7 Å². The summed E-state index contributed by atoms with van der Waals surface area (Å²) >= 11 is 0. The maximum absolute atomic E-state index is 12.1. The lowest BCUT2D eigenvalue weighted by Gasteiger charge is -2.20. The third-order valence-electron chi connectivity index (χ3n) is 5.07. The lowest BCUT2D eigenvalue weighted by Crippen LogP contribution is -2.30. The predicted octanol–water partition coefficient (Wildman–Crippen LogP) is 5.37. The number of hydroxylamine groups is 1. The molecule has 0 aliphatic heterocycles. The Bertz CT molecular complexity index is 816. The van der Waals surface area contributed by atoms with Crippen molar-refractivity contribution < 1.29 is 19.2 Å². The van der Waals surface area contributed by atoms with Gasteiger partial charge in [0.25, 0.3) is 0 Å². The fourth-order valence-corrected chi connectivity index (χ4v) is 3.28. The number of benzene rings is 1. The van der Waals surface area contributed by atoms with Crippen LogP contribution in [0.15, 0.2) is 39.6 Å². The van der Waals surface area contributed by atoms with Crippen LogP contribution in [0.2, 0.25) is 0 Å². The monoisotopic (exact) mass is 430 g/mol. The first kappa shape index (κ1) is 24.5. The molecule has 8 heteroatoms. The molecule has 2 rings (SSSR count). The van der Waals surface area contributed by atoms with Crippen LogP contribution in [0, 0.1) is 5.92 Å². The average molecular weight is 431 g/mol. The molecule has 0 unspecified atom stereocenters. The van der Waals surface area contributed by atoms with Crippen LogP contribution in [0.1, 0.15) is 64.4 Å². The Morgan fingerprint density at radius 2 is 1.84 bits per heavy atom. The standard InChI is InChI=1S/C23H34N4O4/c1-6-7-8-9-13-20(26-30-4)22(18-15-16-18)25-24-17(2)19-12-10-11-14-21(19)27(31-5)23(28)29-3/h10-12,14,18H,6-9,13,15-16H2,1-5H3/b24-17+,25-22+,26-20+. The first-order valence-corrected chi connectivity index (χ1v) is 10.8. The number of oxime groups is 1. The maximum atomic E-state index is 12.1. The summed E-state index contributed by atoms with van der Waals surface area (Å²) < 4.78 is 4.81. The van der Waals surface area contributed by atoms with Gasteiger partial charge < -0.3 is 9.57 Å². The molecule has 0 radical (unpaired) electrons.